The lowest BCUT2D eigenvalue weighted by molar-refractivity contribution is 0.102. The highest BCUT2D eigenvalue weighted by Gasteiger charge is 2.32. The van der Waals surface area contributed by atoms with E-state index in [0.29, 0.717) is 11.8 Å². The van der Waals surface area contributed by atoms with E-state index in [4.69, 9.17) is 0 Å². The number of carbonyl (C=O) groups excluding carboxylic acids is 1. The van der Waals surface area contributed by atoms with Crippen LogP contribution in [0.15, 0.2) is 29.4 Å². The first kappa shape index (κ1) is 17.3. The summed E-state index contributed by atoms with van der Waals surface area (Å²) in [5.74, 6) is 1.56. The second kappa shape index (κ2) is 7.65. The van der Waals surface area contributed by atoms with Crippen LogP contribution < -0.4 is 4.90 Å². The van der Waals surface area contributed by atoms with Crippen molar-refractivity contribution in [2.75, 3.05) is 23.7 Å². The van der Waals surface area contributed by atoms with Crippen molar-refractivity contribution in [1.82, 2.24) is 14.8 Å². The van der Waals surface area contributed by atoms with E-state index in [2.05, 4.69) is 42.3 Å². The molecule has 5 nitrogen and oxygen atoms in total. The molecule has 25 heavy (non-hydrogen) atoms. The molecule has 1 saturated carbocycles. The SMILES string of the molecule is O=C(CSc1nnc(N2CCCCC2)n1C1CC1)c1ccc(I)cc1. The van der Waals surface area contributed by atoms with Crippen molar-refractivity contribution >= 4 is 46.1 Å². The van der Waals surface area contributed by atoms with E-state index in [1.54, 1.807) is 0 Å². The number of nitrogens with zero attached hydrogens (tertiary/aromatic N) is 4. The van der Waals surface area contributed by atoms with Crippen molar-refractivity contribution in [2.24, 2.45) is 0 Å². The van der Waals surface area contributed by atoms with Gasteiger partial charge >= 0.3 is 0 Å². The van der Waals surface area contributed by atoms with Gasteiger partial charge in [-0.15, -0.1) is 10.2 Å². The van der Waals surface area contributed by atoms with Gasteiger partial charge in [0.25, 0.3) is 0 Å². The van der Waals surface area contributed by atoms with Gasteiger partial charge in [0, 0.05) is 28.3 Å². The average Bonchev–Trinajstić information content (AvgIpc) is 3.40. The van der Waals surface area contributed by atoms with Crippen molar-refractivity contribution in [3.63, 3.8) is 0 Å². The molecule has 4 rings (SSSR count). The Morgan fingerprint density at radius 2 is 1.84 bits per heavy atom. The lowest BCUT2D eigenvalue weighted by Gasteiger charge is -2.27. The van der Waals surface area contributed by atoms with Crippen LogP contribution >= 0.6 is 34.4 Å². The van der Waals surface area contributed by atoms with E-state index in [1.165, 1.54) is 43.9 Å². The summed E-state index contributed by atoms with van der Waals surface area (Å²) in [5, 5.41) is 9.77. The minimum atomic E-state index is 0.145. The summed E-state index contributed by atoms with van der Waals surface area (Å²) in [6.07, 6.45) is 6.14. The summed E-state index contributed by atoms with van der Waals surface area (Å²) in [5.41, 5.74) is 0.765. The van der Waals surface area contributed by atoms with E-state index < -0.39 is 0 Å². The van der Waals surface area contributed by atoms with E-state index in [1.807, 2.05) is 24.3 Å². The zero-order valence-electron chi connectivity index (χ0n) is 14.0. The van der Waals surface area contributed by atoms with Crippen LogP contribution in [0.4, 0.5) is 5.95 Å². The van der Waals surface area contributed by atoms with Gasteiger partial charge in [0.05, 0.1) is 5.75 Å². The van der Waals surface area contributed by atoms with Crippen LogP contribution in [0.2, 0.25) is 0 Å². The Morgan fingerprint density at radius 3 is 2.52 bits per heavy atom. The van der Waals surface area contributed by atoms with Crippen LogP contribution in [0.1, 0.15) is 48.5 Å². The van der Waals surface area contributed by atoms with Crippen LogP contribution in [-0.2, 0) is 0 Å². The molecule has 7 heteroatoms. The average molecular weight is 468 g/mol. The molecule has 1 aliphatic heterocycles. The lowest BCUT2D eigenvalue weighted by Crippen LogP contribution is -2.31. The highest BCUT2D eigenvalue weighted by atomic mass is 127. The van der Waals surface area contributed by atoms with Crippen molar-refractivity contribution in [1.29, 1.82) is 0 Å². The fourth-order valence-corrected chi connectivity index (χ4v) is 4.43. The largest absolute Gasteiger partial charge is 0.341 e. The molecule has 1 saturated heterocycles. The number of hydrogen-bond acceptors (Lipinski definition) is 5. The predicted octanol–water partition coefficient (Wildman–Crippen LogP) is 4.18. The third-order valence-electron chi connectivity index (χ3n) is 4.70. The lowest BCUT2D eigenvalue weighted by atomic mass is 10.1. The maximum Gasteiger partial charge on any atom is 0.228 e. The summed E-state index contributed by atoms with van der Waals surface area (Å²) >= 11 is 3.77. The number of hydrogen-bond donors (Lipinski definition) is 0. The van der Waals surface area contributed by atoms with Gasteiger partial charge in [-0.2, -0.15) is 0 Å². The summed E-state index contributed by atoms with van der Waals surface area (Å²) < 4.78 is 3.42. The number of ketones is 1. The van der Waals surface area contributed by atoms with Gasteiger partial charge in [0.15, 0.2) is 10.9 Å². The Bertz CT molecular complexity index is 751. The summed E-state index contributed by atoms with van der Waals surface area (Å²) in [6.45, 7) is 2.13. The molecule has 2 fully saturated rings. The van der Waals surface area contributed by atoms with Crippen molar-refractivity contribution in [3.8, 4) is 0 Å². The molecule has 0 radical (unpaired) electrons. The van der Waals surface area contributed by atoms with E-state index in [9.17, 15) is 4.79 Å². The Morgan fingerprint density at radius 1 is 1.12 bits per heavy atom. The molecule has 132 valence electrons. The van der Waals surface area contributed by atoms with Gasteiger partial charge in [-0.05, 0) is 66.8 Å². The van der Waals surface area contributed by atoms with Gasteiger partial charge in [0.1, 0.15) is 0 Å². The molecule has 0 amide bonds. The van der Waals surface area contributed by atoms with Crippen LogP contribution in [0.25, 0.3) is 0 Å². The predicted molar refractivity (Wildman–Crippen MR) is 109 cm³/mol. The maximum absolute atomic E-state index is 12.4. The summed E-state index contributed by atoms with van der Waals surface area (Å²) in [6, 6.07) is 8.26. The Hall–Kier alpha value is -1.09. The highest BCUT2D eigenvalue weighted by molar-refractivity contribution is 14.1. The maximum atomic E-state index is 12.4. The molecule has 2 heterocycles. The fourth-order valence-electron chi connectivity index (χ4n) is 3.18. The van der Waals surface area contributed by atoms with Gasteiger partial charge in [-0.1, -0.05) is 23.9 Å². The van der Waals surface area contributed by atoms with Crippen molar-refractivity contribution in [2.45, 2.75) is 43.3 Å². The number of thioether (sulfide) groups is 1. The minimum Gasteiger partial charge on any atom is -0.341 e. The Labute approximate surface area is 165 Å². The second-order valence-corrected chi connectivity index (χ2v) is 8.84. The Balaban J connectivity index is 1.47. The molecule has 0 spiro atoms. The monoisotopic (exact) mass is 468 g/mol. The molecule has 0 N–H and O–H groups in total. The summed E-state index contributed by atoms with van der Waals surface area (Å²) in [4.78, 5) is 14.8. The first-order chi connectivity index (χ1) is 12.2. The number of benzene rings is 1. The minimum absolute atomic E-state index is 0.145. The number of carbonyl (C=O) groups is 1. The van der Waals surface area contributed by atoms with Crippen molar-refractivity contribution < 1.29 is 4.79 Å². The quantitative estimate of drug-likeness (QED) is 0.362. The number of rotatable bonds is 6. The van der Waals surface area contributed by atoms with Crippen LogP contribution in [-0.4, -0.2) is 39.4 Å². The smallest absolute Gasteiger partial charge is 0.228 e. The first-order valence-corrected chi connectivity index (χ1v) is 10.9. The normalized spacial score (nSPS) is 17.7. The van der Waals surface area contributed by atoms with Gasteiger partial charge in [0.2, 0.25) is 5.95 Å². The summed E-state index contributed by atoms with van der Waals surface area (Å²) in [7, 11) is 0. The van der Waals surface area contributed by atoms with Crippen molar-refractivity contribution in [3.05, 3.63) is 33.4 Å². The molecule has 0 unspecified atom stereocenters. The molecular formula is C18H21IN4OS. The third kappa shape index (κ3) is 4.02. The molecule has 2 aromatic rings. The third-order valence-corrected chi connectivity index (χ3v) is 6.36. The zero-order chi connectivity index (χ0) is 17.2. The molecule has 1 aliphatic carbocycles. The fraction of sp³-hybridized carbons (Fsp3) is 0.500. The molecular weight excluding hydrogens is 447 g/mol. The van der Waals surface area contributed by atoms with Gasteiger partial charge in [-0.25, -0.2) is 0 Å². The highest BCUT2D eigenvalue weighted by Crippen LogP contribution is 2.41. The molecule has 0 atom stereocenters. The number of Topliss-reactive ketones (excluding diaryl/α,β-unsaturated/α-hetero) is 1. The Kier molecular flexibility index (Phi) is 5.30. The molecule has 2 aliphatic rings. The zero-order valence-corrected chi connectivity index (χ0v) is 17.0. The topological polar surface area (TPSA) is 51.0 Å². The van der Waals surface area contributed by atoms with Gasteiger partial charge < -0.3 is 4.90 Å². The van der Waals surface area contributed by atoms with E-state index >= 15 is 0 Å². The van der Waals surface area contributed by atoms with Crippen LogP contribution in [0.5, 0.6) is 0 Å². The van der Waals surface area contributed by atoms with Crippen LogP contribution in [0, 0.1) is 3.57 Å². The van der Waals surface area contributed by atoms with E-state index in [-0.39, 0.29) is 5.78 Å². The second-order valence-electron chi connectivity index (χ2n) is 6.65. The number of anilines is 1. The molecule has 1 aromatic carbocycles. The molecule has 1 aromatic heterocycles. The number of halogens is 1. The molecule has 0 bridgehead atoms. The van der Waals surface area contributed by atoms with E-state index in [0.717, 1.165) is 33.3 Å². The number of aromatic nitrogens is 3. The standard InChI is InChI=1S/C18H21IN4OS/c19-14-6-4-13(5-7-14)16(24)12-25-18-21-20-17(23(18)15-8-9-15)22-10-2-1-3-11-22/h4-7,15H,1-3,8-12H2. The first-order valence-electron chi connectivity index (χ1n) is 8.84. The van der Waals surface area contributed by atoms with Crippen LogP contribution in [0.3, 0.4) is 0 Å². The van der Waals surface area contributed by atoms with Gasteiger partial charge in [-0.3, -0.25) is 9.36 Å². The number of piperidine rings is 1.